The minimum Gasteiger partial charge on any atom is -0.318 e. The van der Waals surface area contributed by atoms with Gasteiger partial charge >= 0.3 is 5.97 Å². The minimum atomic E-state index is -3.43. The van der Waals surface area contributed by atoms with Gasteiger partial charge in [0.2, 0.25) is 10.0 Å². The van der Waals surface area contributed by atoms with Crippen molar-refractivity contribution in [2.45, 2.75) is 66.2 Å². The van der Waals surface area contributed by atoms with E-state index in [0.29, 0.717) is 17.0 Å². The number of allylic oxidation sites excluding steroid dienone is 8. The average molecular weight is 421 g/mol. The van der Waals surface area contributed by atoms with E-state index in [-0.39, 0.29) is 17.8 Å². The van der Waals surface area contributed by atoms with E-state index in [1.807, 2.05) is 32.1 Å². The third kappa shape index (κ3) is 6.51. The fourth-order valence-corrected chi connectivity index (χ4v) is 4.92. The lowest BCUT2D eigenvalue weighted by Gasteiger charge is -2.33. The maximum Gasteiger partial charge on any atom is 0.341 e. The molecule has 0 amide bonds. The molecule has 2 aliphatic rings. The molecule has 0 aromatic heterocycles. The van der Waals surface area contributed by atoms with Crippen LogP contribution in [-0.4, -0.2) is 27.1 Å². The molecule has 0 aromatic carbocycles. The van der Waals surface area contributed by atoms with Gasteiger partial charge in [-0.2, -0.15) is 0 Å². The molecule has 0 radical (unpaired) electrons. The number of carbonyl (C=O) groups excluding carboxylic acids is 1. The monoisotopic (exact) mass is 420 g/mol. The fourth-order valence-electron chi connectivity index (χ4n) is 3.62. The predicted octanol–water partition coefficient (Wildman–Crippen LogP) is 4.53. The molecule has 0 saturated carbocycles. The Kier molecular flexibility index (Phi) is 7.77. The first-order valence-corrected chi connectivity index (χ1v) is 11.5. The third-order valence-electron chi connectivity index (χ3n) is 5.35. The summed E-state index contributed by atoms with van der Waals surface area (Å²) in [6, 6.07) is 0. The van der Waals surface area contributed by atoms with Crippen molar-refractivity contribution >= 4 is 21.7 Å². The Bertz CT molecular complexity index is 903. The zero-order valence-electron chi connectivity index (χ0n) is 18.0. The van der Waals surface area contributed by atoms with E-state index in [1.165, 1.54) is 7.05 Å². The average Bonchev–Trinajstić information content (AvgIpc) is 3.04. The largest absolute Gasteiger partial charge is 0.341 e. The van der Waals surface area contributed by atoms with Crippen molar-refractivity contribution in [3.8, 4) is 0 Å². The summed E-state index contributed by atoms with van der Waals surface area (Å²) in [5.41, 5.74) is 3.61. The van der Waals surface area contributed by atoms with Crippen molar-refractivity contribution in [3.05, 3.63) is 45.9 Å². The number of nitrogens with one attached hydrogen (secondary N) is 1. The normalized spacial score (nSPS) is 21.0. The lowest BCUT2D eigenvalue weighted by molar-refractivity contribution is -0.140. The molecule has 1 aliphatic heterocycles. The van der Waals surface area contributed by atoms with Gasteiger partial charge in [0.15, 0.2) is 0 Å². The molecule has 7 heteroatoms. The van der Waals surface area contributed by atoms with Crippen molar-refractivity contribution in [3.63, 3.8) is 0 Å². The second kappa shape index (κ2) is 9.67. The Balaban J connectivity index is 2.08. The van der Waals surface area contributed by atoms with Gasteiger partial charge in [-0.05, 0) is 70.1 Å². The van der Waals surface area contributed by atoms with Crippen LogP contribution in [0.1, 0.15) is 66.2 Å². The molecule has 0 bridgehead atoms. The molecule has 160 valence electrons. The maximum atomic E-state index is 12.4. The number of rotatable bonds is 8. The highest BCUT2D eigenvalue weighted by Gasteiger charge is 2.33. The SMILES string of the molecule is CNS(=O)(=O)C1=C(/C=C/C(C)=C/CC/C(C)=C/C2=NOC(=O)C2)C(C)(C)CCC1. The summed E-state index contributed by atoms with van der Waals surface area (Å²) in [4.78, 5) is 16.2. The highest BCUT2D eigenvalue weighted by Crippen LogP contribution is 2.42. The first kappa shape index (κ1) is 23.3. The van der Waals surface area contributed by atoms with Crippen LogP contribution in [0.4, 0.5) is 0 Å². The van der Waals surface area contributed by atoms with E-state index < -0.39 is 10.0 Å². The lowest BCUT2D eigenvalue weighted by atomic mass is 9.75. The van der Waals surface area contributed by atoms with E-state index in [9.17, 15) is 13.2 Å². The van der Waals surface area contributed by atoms with Gasteiger partial charge in [-0.15, -0.1) is 0 Å². The molecule has 0 spiro atoms. The van der Waals surface area contributed by atoms with Crippen LogP contribution in [0.2, 0.25) is 0 Å². The summed E-state index contributed by atoms with van der Waals surface area (Å²) < 4.78 is 27.4. The van der Waals surface area contributed by atoms with Gasteiger partial charge in [0.1, 0.15) is 0 Å². The van der Waals surface area contributed by atoms with Gasteiger partial charge in [-0.3, -0.25) is 0 Å². The molecule has 1 aliphatic carbocycles. The first-order chi connectivity index (χ1) is 13.5. The van der Waals surface area contributed by atoms with E-state index in [1.54, 1.807) is 0 Å². The Labute approximate surface area is 174 Å². The molecule has 0 atom stereocenters. The molecule has 0 saturated heterocycles. The summed E-state index contributed by atoms with van der Waals surface area (Å²) in [5.74, 6) is -0.315. The Hall–Kier alpha value is -1.99. The van der Waals surface area contributed by atoms with E-state index in [4.69, 9.17) is 0 Å². The van der Waals surface area contributed by atoms with Gasteiger partial charge < -0.3 is 4.84 Å². The van der Waals surface area contributed by atoms with Crippen LogP contribution in [0.5, 0.6) is 0 Å². The van der Waals surface area contributed by atoms with E-state index in [2.05, 4.69) is 34.6 Å². The standard InChI is InChI=1S/C22H32N2O4S/c1-16(8-6-9-17(2)14-18-15-21(25)28-24-18)11-12-19-20(29(26,27)23-5)10-7-13-22(19,3)4/h8,11-12,14,23H,6-7,9-10,13,15H2,1-5H3/b12-11+,16-8+,17-14+. The number of hydrogen-bond acceptors (Lipinski definition) is 5. The van der Waals surface area contributed by atoms with Gasteiger partial charge in [-0.1, -0.05) is 48.4 Å². The zero-order valence-corrected chi connectivity index (χ0v) is 18.9. The molecule has 1 N–H and O–H groups in total. The molecule has 1 heterocycles. The Morgan fingerprint density at radius 2 is 2.03 bits per heavy atom. The Morgan fingerprint density at radius 1 is 1.31 bits per heavy atom. The van der Waals surface area contributed by atoms with Crippen molar-refractivity contribution in [1.29, 1.82) is 0 Å². The van der Waals surface area contributed by atoms with Crippen LogP contribution in [0.3, 0.4) is 0 Å². The predicted molar refractivity (Wildman–Crippen MR) is 117 cm³/mol. The minimum absolute atomic E-state index is 0.172. The van der Waals surface area contributed by atoms with Crippen LogP contribution >= 0.6 is 0 Å². The third-order valence-corrected chi connectivity index (χ3v) is 6.96. The summed E-state index contributed by atoms with van der Waals surface area (Å²) in [6.45, 7) is 8.23. The van der Waals surface area contributed by atoms with Crippen molar-refractivity contribution in [1.82, 2.24) is 4.72 Å². The maximum absolute atomic E-state index is 12.4. The van der Waals surface area contributed by atoms with Gasteiger partial charge in [-0.25, -0.2) is 17.9 Å². The number of oxime groups is 1. The summed E-state index contributed by atoms with van der Waals surface area (Å²) >= 11 is 0. The van der Waals surface area contributed by atoms with Crippen LogP contribution in [-0.2, 0) is 19.7 Å². The van der Waals surface area contributed by atoms with Crippen LogP contribution in [0, 0.1) is 5.41 Å². The molecule has 0 unspecified atom stereocenters. The molecule has 29 heavy (non-hydrogen) atoms. The van der Waals surface area contributed by atoms with Crippen LogP contribution < -0.4 is 4.72 Å². The number of nitrogens with zero attached hydrogens (tertiary/aromatic N) is 1. The van der Waals surface area contributed by atoms with Crippen LogP contribution in [0.15, 0.2) is 51.1 Å². The summed E-state index contributed by atoms with van der Waals surface area (Å²) in [7, 11) is -1.96. The summed E-state index contributed by atoms with van der Waals surface area (Å²) in [6.07, 6.45) is 12.4. The fraction of sp³-hybridized carbons (Fsp3) is 0.545. The van der Waals surface area contributed by atoms with Crippen molar-refractivity contribution in [2.75, 3.05) is 7.05 Å². The number of hydrogen-bond donors (Lipinski definition) is 1. The van der Waals surface area contributed by atoms with Gasteiger partial charge in [0.25, 0.3) is 0 Å². The number of sulfonamides is 1. The topological polar surface area (TPSA) is 84.8 Å². The highest BCUT2D eigenvalue weighted by atomic mass is 32.2. The van der Waals surface area contributed by atoms with Gasteiger partial charge in [0.05, 0.1) is 17.0 Å². The van der Waals surface area contributed by atoms with E-state index in [0.717, 1.165) is 42.4 Å². The number of carbonyl (C=O) groups is 1. The van der Waals surface area contributed by atoms with Crippen LogP contribution in [0.25, 0.3) is 0 Å². The molecule has 6 nitrogen and oxygen atoms in total. The molecular formula is C22H32N2O4S. The lowest BCUT2D eigenvalue weighted by Crippen LogP contribution is -2.28. The zero-order chi connectivity index (χ0) is 21.7. The molecule has 0 aromatic rings. The van der Waals surface area contributed by atoms with Gasteiger partial charge in [0, 0.05) is 0 Å². The second-order valence-corrected chi connectivity index (χ2v) is 10.2. The molecule has 2 rings (SSSR count). The Morgan fingerprint density at radius 3 is 2.66 bits per heavy atom. The molecule has 0 fully saturated rings. The van der Waals surface area contributed by atoms with Crippen molar-refractivity contribution < 1.29 is 18.0 Å². The quantitative estimate of drug-likeness (QED) is 0.462. The highest BCUT2D eigenvalue weighted by molar-refractivity contribution is 7.93. The molecular weight excluding hydrogens is 388 g/mol. The van der Waals surface area contributed by atoms with Crippen molar-refractivity contribution in [2.24, 2.45) is 10.6 Å². The second-order valence-electron chi connectivity index (χ2n) is 8.32. The first-order valence-electron chi connectivity index (χ1n) is 10.0. The smallest absolute Gasteiger partial charge is 0.318 e. The summed E-state index contributed by atoms with van der Waals surface area (Å²) in [5, 5.41) is 3.73. The van der Waals surface area contributed by atoms with E-state index >= 15 is 0 Å².